The van der Waals surface area contributed by atoms with Crippen molar-refractivity contribution in [3.63, 3.8) is 0 Å². The quantitative estimate of drug-likeness (QED) is 0.524. The van der Waals surface area contributed by atoms with Crippen LogP contribution in [-0.2, 0) is 4.74 Å². The highest BCUT2D eigenvalue weighted by molar-refractivity contribution is 5.92. The highest BCUT2D eigenvalue weighted by Crippen LogP contribution is 2.18. The number of carbonyl (C=O) groups is 1. The normalized spacial score (nSPS) is 29.2. The largest absolute Gasteiger partial charge is 0.388 e. The number of nitrogens with two attached hydrogens (primary N) is 1. The maximum atomic E-state index is 11.0. The number of pyridine rings is 1. The van der Waals surface area contributed by atoms with Gasteiger partial charge in [-0.15, -0.1) is 0 Å². The third-order valence-electron chi connectivity index (χ3n) is 2.52. The Labute approximate surface area is 91.9 Å². The number of hydrogen-bond donors (Lipinski definition) is 3. The Bertz CT molecular complexity index is 410. The Hall–Kier alpha value is -1.50. The fraction of sp³-hybridized carbons (Fsp3) is 0.400. The van der Waals surface area contributed by atoms with Crippen LogP contribution >= 0.6 is 0 Å². The molecule has 1 aromatic rings. The lowest BCUT2D eigenvalue weighted by molar-refractivity contribution is -0.764. The number of ether oxygens (including phenoxy) is 1. The first kappa shape index (κ1) is 11.0. The first-order chi connectivity index (χ1) is 7.59. The molecule has 2 rings (SSSR count). The van der Waals surface area contributed by atoms with Gasteiger partial charge in [-0.05, 0) is 6.07 Å². The van der Waals surface area contributed by atoms with E-state index in [1.165, 1.54) is 10.8 Å². The number of aromatic nitrogens is 1. The average Bonchev–Trinajstić information content (AvgIpc) is 2.60. The molecule has 1 aromatic heterocycles. The minimum absolute atomic E-state index is 0.0691. The molecular formula is C10H13N2O4+. The highest BCUT2D eigenvalue weighted by atomic mass is 16.5. The van der Waals surface area contributed by atoms with Crippen LogP contribution in [0.1, 0.15) is 16.6 Å². The highest BCUT2D eigenvalue weighted by Gasteiger charge is 2.41. The average molecular weight is 225 g/mol. The molecule has 2 heterocycles. The lowest BCUT2D eigenvalue weighted by Gasteiger charge is -2.09. The van der Waals surface area contributed by atoms with Gasteiger partial charge in [-0.1, -0.05) is 0 Å². The van der Waals surface area contributed by atoms with Crippen LogP contribution in [0.5, 0.6) is 0 Å². The Balaban J connectivity index is 2.27. The second-order valence-corrected chi connectivity index (χ2v) is 3.69. The van der Waals surface area contributed by atoms with Crippen molar-refractivity contribution in [2.45, 2.75) is 18.4 Å². The van der Waals surface area contributed by atoms with E-state index < -0.39 is 24.3 Å². The summed E-state index contributed by atoms with van der Waals surface area (Å²) in [7, 11) is 0. The van der Waals surface area contributed by atoms with Crippen molar-refractivity contribution >= 4 is 5.91 Å². The molecule has 0 saturated carbocycles. The van der Waals surface area contributed by atoms with E-state index in [2.05, 4.69) is 0 Å². The summed E-state index contributed by atoms with van der Waals surface area (Å²) in [6.45, 7) is 0.0691. The van der Waals surface area contributed by atoms with Crippen LogP contribution in [0.25, 0.3) is 0 Å². The number of rotatable bonds is 2. The number of amides is 1. The van der Waals surface area contributed by atoms with Crippen molar-refractivity contribution in [1.82, 2.24) is 0 Å². The van der Waals surface area contributed by atoms with Gasteiger partial charge in [-0.3, -0.25) is 4.79 Å². The van der Waals surface area contributed by atoms with Crippen molar-refractivity contribution in [3.8, 4) is 0 Å². The first-order valence-electron chi connectivity index (χ1n) is 4.88. The fourth-order valence-corrected chi connectivity index (χ4v) is 1.64. The number of aliphatic hydroxyl groups excluding tert-OH is 2. The van der Waals surface area contributed by atoms with Gasteiger partial charge in [0, 0.05) is 6.07 Å². The van der Waals surface area contributed by atoms with Crippen LogP contribution in [0.4, 0.5) is 0 Å². The van der Waals surface area contributed by atoms with Crippen molar-refractivity contribution in [2.24, 2.45) is 5.73 Å². The third-order valence-corrected chi connectivity index (χ3v) is 2.52. The van der Waals surface area contributed by atoms with Gasteiger partial charge >= 0.3 is 0 Å². The fourth-order valence-electron chi connectivity index (χ4n) is 1.64. The second-order valence-electron chi connectivity index (χ2n) is 3.69. The molecule has 3 atom stereocenters. The van der Waals surface area contributed by atoms with Gasteiger partial charge in [0.25, 0.3) is 12.1 Å². The molecule has 0 spiro atoms. The molecule has 0 bridgehead atoms. The summed E-state index contributed by atoms with van der Waals surface area (Å²) in [6, 6.07) is 3.19. The van der Waals surface area contributed by atoms with Gasteiger partial charge in [0.2, 0.25) is 0 Å². The number of carbonyl (C=O) groups excluding carboxylic acids is 1. The van der Waals surface area contributed by atoms with Crippen molar-refractivity contribution < 1.29 is 24.3 Å². The van der Waals surface area contributed by atoms with Crippen LogP contribution in [0.3, 0.4) is 0 Å². The van der Waals surface area contributed by atoms with Crippen molar-refractivity contribution in [2.75, 3.05) is 6.61 Å². The summed E-state index contributed by atoms with van der Waals surface area (Å²) < 4.78 is 6.72. The van der Waals surface area contributed by atoms with Crippen LogP contribution in [0.15, 0.2) is 24.5 Å². The van der Waals surface area contributed by atoms with E-state index in [4.69, 9.17) is 10.5 Å². The minimum Gasteiger partial charge on any atom is -0.388 e. The Morgan fingerprint density at radius 2 is 2.31 bits per heavy atom. The van der Waals surface area contributed by atoms with Gasteiger partial charge < -0.3 is 20.7 Å². The summed E-state index contributed by atoms with van der Waals surface area (Å²) >= 11 is 0. The molecule has 4 N–H and O–H groups in total. The summed E-state index contributed by atoms with van der Waals surface area (Å²) in [5.74, 6) is -0.553. The predicted molar refractivity (Wildman–Crippen MR) is 52.2 cm³/mol. The maximum absolute atomic E-state index is 11.0. The van der Waals surface area contributed by atoms with E-state index in [1.54, 1.807) is 18.3 Å². The van der Waals surface area contributed by atoms with Gasteiger partial charge in [0.05, 0.1) is 6.61 Å². The zero-order valence-electron chi connectivity index (χ0n) is 8.48. The van der Waals surface area contributed by atoms with E-state index in [-0.39, 0.29) is 6.61 Å². The number of aliphatic hydroxyl groups is 2. The second kappa shape index (κ2) is 4.17. The lowest BCUT2D eigenvalue weighted by atomic mass is 10.2. The van der Waals surface area contributed by atoms with Crippen LogP contribution in [0, 0.1) is 0 Å². The summed E-state index contributed by atoms with van der Waals surface area (Å²) in [6.07, 6.45) is 0.518. The maximum Gasteiger partial charge on any atom is 0.291 e. The molecule has 0 aromatic carbocycles. The van der Waals surface area contributed by atoms with E-state index >= 15 is 0 Å². The zero-order valence-corrected chi connectivity index (χ0v) is 8.48. The van der Waals surface area contributed by atoms with Crippen molar-refractivity contribution in [3.05, 3.63) is 30.1 Å². The first-order valence-corrected chi connectivity index (χ1v) is 4.88. The number of primary amides is 1. The molecule has 1 amide bonds. The number of nitrogens with zero attached hydrogens (tertiary/aromatic N) is 1. The third kappa shape index (κ3) is 1.90. The number of hydrogen-bond acceptors (Lipinski definition) is 4. The van der Waals surface area contributed by atoms with Gasteiger partial charge in [-0.2, -0.15) is 4.57 Å². The molecule has 0 radical (unpaired) electrons. The topological polar surface area (TPSA) is 96.7 Å². The summed E-state index contributed by atoms with van der Waals surface area (Å²) in [5, 5.41) is 19.0. The molecule has 6 nitrogen and oxygen atoms in total. The Morgan fingerprint density at radius 1 is 1.56 bits per heavy atom. The molecular weight excluding hydrogens is 212 g/mol. The van der Waals surface area contributed by atoms with E-state index in [1.807, 2.05) is 0 Å². The van der Waals surface area contributed by atoms with E-state index in [9.17, 15) is 15.0 Å². The van der Waals surface area contributed by atoms with Crippen molar-refractivity contribution in [1.29, 1.82) is 0 Å². The standard InChI is InChI=1S/C10H12N2O4/c11-9(15)6-2-1-3-12(4-6)10-8(14)7(13)5-16-10/h1-4,7-8,10,13-14H,5H2,(H-,11,15)/p+1. The molecule has 86 valence electrons. The molecule has 1 aliphatic heterocycles. The Morgan fingerprint density at radius 3 is 2.88 bits per heavy atom. The van der Waals surface area contributed by atoms with Gasteiger partial charge in [-0.25, -0.2) is 0 Å². The van der Waals surface area contributed by atoms with Crippen LogP contribution in [-0.4, -0.2) is 34.9 Å². The lowest BCUT2D eigenvalue weighted by Crippen LogP contribution is -2.46. The summed E-state index contributed by atoms with van der Waals surface area (Å²) in [5.41, 5.74) is 5.46. The molecule has 1 aliphatic rings. The van der Waals surface area contributed by atoms with Gasteiger partial charge in [0.15, 0.2) is 18.5 Å². The molecule has 3 unspecified atom stereocenters. The molecule has 1 saturated heterocycles. The Kier molecular flexibility index (Phi) is 2.86. The van der Waals surface area contributed by atoms with E-state index in [0.717, 1.165) is 0 Å². The zero-order chi connectivity index (χ0) is 11.7. The smallest absolute Gasteiger partial charge is 0.291 e. The van der Waals surface area contributed by atoms with Gasteiger partial charge in [0.1, 0.15) is 11.7 Å². The van der Waals surface area contributed by atoms with Crippen LogP contribution < -0.4 is 10.3 Å². The molecule has 16 heavy (non-hydrogen) atoms. The predicted octanol–water partition coefficient (Wildman–Crippen LogP) is -1.68. The van der Waals surface area contributed by atoms with Crippen LogP contribution in [0.2, 0.25) is 0 Å². The molecule has 1 fully saturated rings. The van der Waals surface area contributed by atoms with E-state index in [0.29, 0.717) is 5.56 Å². The molecule has 0 aliphatic carbocycles. The SMILES string of the molecule is NC(=O)c1ccc[n+](C2OCC(O)C2O)c1. The molecule has 6 heteroatoms. The monoisotopic (exact) mass is 225 g/mol. The minimum atomic E-state index is -1.01. The summed E-state index contributed by atoms with van der Waals surface area (Å²) in [4.78, 5) is 11.0.